The number of likely N-dealkylation sites (tertiary alicyclic amines) is 1. The monoisotopic (exact) mass is 316 g/mol. The summed E-state index contributed by atoms with van der Waals surface area (Å²) >= 11 is 0. The lowest BCUT2D eigenvalue weighted by atomic mass is 9.79. The summed E-state index contributed by atoms with van der Waals surface area (Å²) in [6.07, 6.45) is 9.64. The maximum absolute atomic E-state index is 13.0. The maximum atomic E-state index is 13.0. The van der Waals surface area contributed by atoms with E-state index in [0.717, 1.165) is 39.1 Å². The molecule has 1 spiro atoms. The normalized spacial score (nSPS) is 25.3. The van der Waals surface area contributed by atoms with E-state index in [1.54, 1.807) is 6.26 Å². The molecular weight excluding hydrogens is 295 g/mol. The predicted octanol–water partition coefficient (Wildman–Crippen LogP) is 2.70. The van der Waals surface area contributed by atoms with Crippen LogP contribution in [0.1, 0.15) is 24.8 Å². The molecule has 0 saturated carbocycles. The second-order valence-electron chi connectivity index (χ2n) is 6.82. The summed E-state index contributed by atoms with van der Waals surface area (Å²) in [6.45, 7) is 5.07. The number of aromatic nitrogens is 2. The number of hydrogen-bond acceptors (Lipinski definition) is 5. The largest absolute Gasteiger partial charge is 0.472 e. The lowest BCUT2D eigenvalue weighted by Gasteiger charge is -2.40. The fourth-order valence-electron chi connectivity index (χ4n) is 3.98. The zero-order valence-corrected chi connectivity index (χ0v) is 13.1. The van der Waals surface area contributed by atoms with Gasteiger partial charge in [-0.15, -0.1) is 0 Å². The van der Waals surface area contributed by atoms with E-state index in [0.29, 0.717) is 11.4 Å². The van der Waals surface area contributed by atoms with Crippen molar-refractivity contribution < 1.29 is 8.81 Å². The van der Waals surface area contributed by atoms with Crippen molar-refractivity contribution in [2.45, 2.75) is 25.8 Å². The lowest BCUT2D eigenvalue weighted by Crippen LogP contribution is -2.45. The van der Waals surface area contributed by atoms with E-state index in [9.17, 15) is 4.39 Å². The molecule has 0 aliphatic carbocycles. The summed E-state index contributed by atoms with van der Waals surface area (Å²) in [5.41, 5.74) is 1.54. The average Bonchev–Trinajstić information content (AvgIpc) is 3.19. The Morgan fingerprint density at radius 2 is 2.04 bits per heavy atom. The SMILES string of the molecule is Fc1cnc(N2CCC[C@]3(CCN(Cc4ccoc4)C3)C2)nc1. The molecule has 6 heteroatoms. The van der Waals surface area contributed by atoms with Crippen molar-refractivity contribution in [2.75, 3.05) is 31.1 Å². The Kier molecular flexibility index (Phi) is 3.77. The van der Waals surface area contributed by atoms with Crippen LogP contribution in [0.4, 0.5) is 10.3 Å². The number of hydrogen-bond donors (Lipinski definition) is 0. The van der Waals surface area contributed by atoms with Crippen LogP contribution in [0.5, 0.6) is 0 Å². The summed E-state index contributed by atoms with van der Waals surface area (Å²) in [6, 6.07) is 2.03. The molecule has 2 aromatic rings. The van der Waals surface area contributed by atoms with Crippen LogP contribution < -0.4 is 4.90 Å². The van der Waals surface area contributed by atoms with Crippen molar-refractivity contribution in [3.05, 3.63) is 42.4 Å². The molecule has 2 aliphatic heterocycles. The van der Waals surface area contributed by atoms with Crippen molar-refractivity contribution >= 4 is 5.95 Å². The number of nitrogens with zero attached hydrogens (tertiary/aromatic N) is 4. The molecule has 0 unspecified atom stereocenters. The predicted molar refractivity (Wildman–Crippen MR) is 84.5 cm³/mol. The van der Waals surface area contributed by atoms with Crippen LogP contribution in [0.2, 0.25) is 0 Å². The molecule has 0 aromatic carbocycles. The Morgan fingerprint density at radius 1 is 1.17 bits per heavy atom. The molecule has 0 amide bonds. The highest BCUT2D eigenvalue weighted by atomic mass is 19.1. The first-order valence-electron chi connectivity index (χ1n) is 8.18. The molecule has 5 nitrogen and oxygen atoms in total. The summed E-state index contributed by atoms with van der Waals surface area (Å²) in [5.74, 6) is 0.270. The van der Waals surface area contributed by atoms with Crippen LogP contribution in [0.25, 0.3) is 0 Å². The van der Waals surface area contributed by atoms with E-state index in [4.69, 9.17) is 4.42 Å². The number of piperidine rings is 1. The third-order valence-electron chi connectivity index (χ3n) is 5.05. The van der Waals surface area contributed by atoms with Gasteiger partial charge >= 0.3 is 0 Å². The Bertz CT molecular complexity index is 645. The van der Waals surface area contributed by atoms with Gasteiger partial charge in [0.1, 0.15) is 0 Å². The second kappa shape index (κ2) is 5.92. The van der Waals surface area contributed by atoms with Gasteiger partial charge in [0.25, 0.3) is 0 Å². The van der Waals surface area contributed by atoms with Gasteiger partial charge < -0.3 is 9.32 Å². The van der Waals surface area contributed by atoms with Gasteiger partial charge in [-0.25, -0.2) is 14.4 Å². The highest BCUT2D eigenvalue weighted by molar-refractivity contribution is 5.30. The molecule has 4 rings (SSSR count). The summed E-state index contributed by atoms with van der Waals surface area (Å²) < 4.78 is 18.2. The molecule has 2 fully saturated rings. The third kappa shape index (κ3) is 3.08. The molecule has 4 heterocycles. The molecule has 2 aromatic heterocycles. The first-order chi connectivity index (χ1) is 11.2. The van der Waals surface area contributed by atoms with Crippen molar-refractivity contribution in [1.82, 2.24) is 14.9 Å². The molecule has 2 aliphatic rings. The molecule has 0 radical (unpaired) electrons. The molecule has 2 saturated heterocycles. The summed E-state index contributed by atoms with van der Waals surface area (Å²) in [7, 11) is 0. The molecule has 1 atom stereocenters. The smallest absolute Gasteiger partial charge is 0.225 e. The topological polar surface area (TPSA) is 45.4 Å². The summed E-state index contributed by atoms with van der Waals surface area (Å²) in [5, 5.41) is 0. The fourth-order valence-corrected chi connectivity index (χ4v) is 3.98. The van der Waals surface area contributed by atoms with Crippen LogP contribution in [-0.4, -0.2) is 41.0 Å². The number of rotatable bonds is 3. The van der Waals surface area contributed by atoms with Crippen molar-refractivity contribution in [3.63, 3.8) is 0 Å². The number of halogens is 1. The van der Waals surface area contributed by atoms with E-state index >= 15 is 0 Å². The Labute approximate surface area is 135 Å². The molecule has 0 N–H and O–H groups in total. The van der Waals surface area contributed by atoms with Crippen molar-refractivity contribution in [1.29, 1.82) is 0 Å². The van der Waals surface area contributed by atoms with Gasteiger partial charge in [0.05, 0.1) is 24.9 Å². The zero-order valence-electron chi connectivity index (χ0n) is 13.1. The van der Waals surface area contributed by atoms with Crippen LogP contribution in [0, 0.1) is 11.2 Å². The van der Waals surface area contributed by atoms with Crippen molar-refractivity contribution in [2.24, 2.45) is 5.41 Å². The molecule has 0 bridgehead atoms. The van der Waals surface area contributed by atoms with Crippen LogP contribution in [0.15, 0.2) is 35.4 Å². The van der Waals surface area contributed by atoms with Gasteiger partial charge in [-0.05, 0) is 31.9 Å². The Balaban J connectivity index is 1.43. The summed E-state index contributed by atoms with van der Waals surface area (Å²) in [4.78, 5) is 13.0. The van der Waals surface area contributed by atoms with Crippen LogP contribution in [0.3, 0.4) is 0 Å². The van der Waals surface area contributed by atoms with Gasteiger partial charge in [0.15, 0.2) is 5.82 Å². The zero-order chi connectivity index (χ0) is 15.7. The molecular formula is C17H21FN4O. The fraction of sp³-hybridized carbons (Fsp3) is 0.529. The molecule has 23 heavy (non-hydrogen) atoms. The van der Waals surface area contributed by atoms with Gasteiger partial charge in [0.2, 0.25) is 5.95 Å². The van der Waals surface area contributed by atoms with E-state index in [1.807, 2.05) is 12.3 Å². The number of furan rings is 1. The quantitative estimate of drug-likeness (QED) is 0.871. The Morgan fingerprint density at radius 3 is 2.83 bits per heavy atom. The van der Waals surface area contributed by atoms with E-state index < -0.39 is 0 Å². The first-order valence-corrected chi connectivity index (χ1v) is 8.18. The first kappa shape index (κ1) is 14.6. The highest BCUT2D eigenvalue weighted by Gasteiger charge is 2.41. The van der Waals surface area contributed by atoms with E-state index in [1.165, 1.54) is 30.8 Å². The highest BCUT2D eigenvalue weighted by Crippen LogP contribution is 2.40. The van der Waals surface area contributed by atoms with Gasteiger partial charge in [-0.2, -0.15) is 0 Å². The third-order valence-corrected chi connectivity index (χ3v) is 5.05. The number of anilines is 1. The van der Waals surface area contributed by atoms with Crippen LogP contribution in [-0.2, 0) is 6.54 Å². The van der Waals surface area contributed by atoms with E-state index in [-0.39, 0.29) is 5.82 Å². The van der Waals surface area contributed by atoms with Crippen molar-refractivity contribution in [3.8, 4) is 0 Å². The minimum Gasteiger partial charge on any atom is -0.472 e. The lowest BCUT2D eigenvalue weighted by molar-refractivity contribution is 0.215. The van der Waals surface area contributed by atoms with Crippen LogP contribution >= 0.6 is 0 Å². The van der Waals surface area contributed by atoms with Gasteiger partial charge in [0, 0.05) is 37.2 Å². The molecule has 122 valence electrons. The standard InChI is InChI=1S/C17H21FN4O/c18-15-8-19-16(20-9-15)22-5-1-3-17(13-22)4-6-21(12-17)10-14-2-7-23-11-14/h2,7-9,11H,1,3-6,10,12-13H2/t17-/m1/s1. The average molecular weight is 316 g/mol. The maximum Gasteiger partial charge on any atom is 0.225 e. The van der Waals surface area contributed by atoms with E-state index in [2.05, 4.69) is 19.8 Å². The minimum absolute atomic E-state index is 0.305. The van der Waals surface area contributed by atoms with Gasteiger partial charge in [-0.3, -0.25) is 4.90 Å². The minimum atomic E-state index is -0.382. The Hall–Kier alpha value is -1.95. The van der Waals surface area contributed by atoms with Gasteiger partial charge in [-0.1, -0.05) is 0 Å². The second-order valence-corrected chi connectivity index (χ2v) is 6.82.